The van der Waals surface area contributed by atoms with E-state index in [2.05, 4.69) is 23.4 Å². The number of unbranched alkanes of at least 4 members (excludes halogenated alkanes) is 1. The number of benzene rings is 1. The standard InChI is InChI=1S/C14H20O3S/c1-11-9-12(5-3-4-8-18)6-7-13(11)17-10-14(15)16-2/h6-7,9,18H,3-5,8,10H2,1-2H3. The number of ether oxygens (including phenoxy) is 2. The number of esters is 1. The maximum absolute atomic E-state index is 11.0. The third kappa shape index (κ3) is 5.00. The number of carbonyl (C=O) groups excluding carboxylic acids is 1. The average molecular weight is 268 g/mol. The highest BCUT2D eigenvalue weighted by Gasteiger charge is 2.05. The van der Waals surface area contributed by atoms with Crippen LogP contribution in [0.25, 0.3) is 0 Å². The minimum absolute atomic E-state index is 0.0453. The third-order valence-electron chi connectivity index (χ3n) is 2.69. The number of hydrogen-bond donors (Lipinski definition) is 1. The van der Waals surface area contributed by atoms with Crippen molar-refractivity contribution in [2.24, 2.45) is 0 Å². The third-order valence-corrected chi connectivity index (χ3v) is 3.00. The molecule has 0 N–H and O–H groups in total. The van der Waals surface area contributed by atoms with Crippen molar-refractivity contribution in [2.75, 3.05) is 19.5 Å². The van der Waals surface area contributed by atoms with E-state index >= 15 is 0 Å². The first kappa shape index (κ1) is 14.9. The molecule has 3 nitrogen and oxygen atoms in total. The molecule has 0 bridgehead atoms. The molecule has 18 heavy (non-hydrogen) atoms. The van der Waals surface area contributed by atoms with Gasteiger partial charge in [0, 0.05) is 0 Å². The Labute approximate surface area is 114 Å². The zero-order valence-corrected chi connectivity index (χ0v) is 11.8. The van der Waals surface area contributed by atoms with E-state index in [1.54, 1.807) is 0 Å². The molecule has 0 saturated carbocycles. The average Bonchev–Trinajstić information content (AvgIpc) is 2.37. The summed E-state index contributed by atoms with van der Waals surface area (Å²) in [7, 11) is 1.35. The van der Waals surface area contributed by atoms with Gasteiger partial charge in [0.25, 0.3) is 0 Å². The van der Waals surface area contributed by atoms with Gasteiger partial charge in [-0.15, -0.1) is 0 Å². The van der Waals surface area contributed by atoms with E-state index in [-0.39, 0.29) is 12.6 Å². The van der Waals surface area contributed by atoms with Crippen LogP contribution in [0.5, 0.6) is 5.75 Å². The number of thiol groups is 1. The monoisotopic (exact) mass is 268 g/mol. The number of rotatable bonds is 7. The van der Waals surface area contributed by atoms with Crippen LogP contribution in [0.2, 0.25) is 0 Å². The van der Waals surface area contributed by atoms with Crippen molar-refractivity contribution in [3.05, 3.63) is 29.3 Å². The van der Waals surface area contributed by atoms with Crippen molar-refractivity contribution in [1.82, 2.24) is 0 Å². The zero-order chi connectivity index (χ0) is 13.4. The van der Waals surface area contributed by atoms with Crippen LogP contribution in [0.1, 0.15) is 24.0 Å². The van der Waals surface area contributed by atoms with Gasteiger partial charge in [-0.2, -0.15) is 12.6 Å². The second kappa shape index (κ2) is 8.03. The minimum Gasteiger partial charge on any atom is -0.482 e. The largest absolute Gasteiger partial charge is 0.482 e. The molecule has 1 aromatic rings. The number of carbonyl (C=O) groups is 1. The number of aryl methyl sites for hydroxylation is 2. The van der Waals surface area contributed by atoms with E-state index in [0.717, 1.165) is 36.3 Å². The molecule has 0 radical (unpaired) electrons. The van der Waals surface area contributed by atoms with Crippen molar-refractivity contribution in [2.45, 2.75) is 26.2 Å². The van der Waals surface area contributed by atoms with Gasteiger partial charge in [0.2, 0.25) is 0 Å². The van der Waals surface area contributed by atoms with E-state index < -0.39 is 0 Å². The number of methoxy groups -OCH3 is 1. The molecule has 0 spiro atoms. The van der Waals surface area contributed by atoms with E-state index in [4.69, 9.17) is 4.74 Å². The molecule has 0 aromatic heterocycles. The molecule has 0 aliphatic rings. The van der Waals surface area contributed by atoms with Crippen LogP contribution in [-0.2, 0) is 16.0 Å². The summed E-state index contributed by atoms with van der Waals surface area (Å²) < 4.78 is 9.91. The maximum Gasteiger partial charge on any atom is 0.343 e. The fourth-order valence-electron chi connectivity index (χ4n) is 1.67. The predicted molar refractivity (Wildman–Crippen MR) is 75.5 cm³/mol. The van der Waals surface area contributed by atoms with E-state index in [0.29, 0.717) is 0 Å². The fraction of sp³-hybridized carbons (Fsp3) is 0.500. The highest BCUT2D eigenvalue weighted by Crippen LogP contribution is 2.20. The molecule has 0 heterocycles. The highest BCUT2D eigenvalue weighted by molar-refractivity contribution is 7.80. The quantitative estimate of drug-likeness (QED) is 0.469. The van der Waals surface area contributed by atoms with Gasteiger partial charge in [0.1, 0.15) is 5.75 Å². The molecule has 0 aliphatic heterocycles. The van der Waals surface area contributed by atoms with Crippen molar-refractivity contribution >= 4 is 18.6 Å². The number of hydrogen-bond acceptors (Lipinski definition) is 4. The smallest absolute Gasteiger partial charge is 0.343 e. The Morgan fingerprint density at radius 3 is 2.72 bits per heavy atom. The summed E-state index contributed by atoms with van der Waals surface area (Å²) >= 11 is 4.20. The minimum atomic E-state index is -0.368. The molecule has 4 heteroatoms. The SMILES string of the molecule is COC(=O)COc1ccc(CCCCS)cc1C. The lowest BCUT2D eigenvalue weighted by Crippen LogP contribution is -2.13. The van der Waals surface area contributed by atoms with E-state index in [1.165, 1.54) is 12.7 Å². The Kier molecular flexibility index (Phi) is 6.65. The van der Waals surface area contributed by atoms with Crippen molar-refractivity contribution in [1.29, 1.82) is 0 Å². The van der Waals surface area contributed by atoms with Gasteiger partial charge in [-0.05, 0) is 49.1 Å². The first-order valence-corrected chi connectivity index (χ1v) is 6.70. The molecule has 0 fully saturated rings. The van der Waals surface area contributed by atoms with Crippen LogP contribution in [0, 0.1) is 6.92 Å². The van der Waals surface area contributed by atoms with Gasteiger partial charge in [-0.3, -0.25) is 0 Å². The van der Waals surface area contributed by atoms with Crippen LogP contribution in [0.3, 0.4) is 0 Å². The maximum atomic E-state index is 11.0. The second-order valence-corrected chi connectivity index (χ2v) is 4.59. The Morgan fingerprint density at radius 1 is 1.33 bits per heavy atom. The van der Waals surface area contributed by atoms with Crippen LogP contribution >= 0.6 is 12.6 Å². The van der Waals surface area contributed by atoms with Gasteiger partial charge < -0.3 is 9.47 Å². The van der Waals surface area contributed by atoms with Crippen LogP contribution in [0.4, 0.5) is 0 Å². The molecule has 0 aliphatic carbocycles. The lowest BCUT2D eigenvalue weighted by atomic mass is 10.1. The Bertz CT molecular complexity index is 391. The molecule has 1 aromatic carbocycles. The summed E-state index contributed by atoms with van der Waals surface area (Å²) in [5.41, 5.74) is 2.34. The molecular weight excluding hydrogens is 248 g/mol. The lowest BCUT2D eigenvalue weighted by molar-refractivity contribution is -0.142. The van der Waals surface area contributed by atoms with Crippen LogP contribution < -0.4 is 4.74 Å². The summed E-state index contributed by atoms with van der Waals surface area (Å²) in [6.07, 6.45) is 3.33. The van der Waals surface area contributed by atoms with Gasteiger partial charge in [-0.25, -0.2) is 4.79 Å². The predicted octanol–water partition coefficient (Wildman–Crippen LogP) is 2.80. The summed E-state index contributed by atoms with van der Waals surface area (Å²) in [5.74, 6) is 1.30. The summed E-state index contributed by atoms with van der Waals surface area (Å²) in [6, 6.07) is 6.05. The first-order chi connectivity index (χ1) is 8.67. The molecule has 0 saturated heterocycles. The molecule has 100 valence electrons. The van der Waals surface area contributed by atoms with E-state index in [1.807, 2.05) is 19.1 Å². The van der Waals surface area contributed by atoms with Crippen molar-refractivity contribution in [3.63, 3.8) is 0 Å². The molecular formula is C14H20O3S. The first-order valence-electron chi connectivity index (χ1n) is 6.07. The summed E-state index contributed by atoms with van der Waals surface area (Å²) in [6.45, 7) is 1.94. The Hall–Kier alpha value is -1.16. The zero-order valence-electron chi connectivity index (χ0n) is 10.9. The van der Waals surface area contributed by atoms with Gasteiger partial charge in [0.05, 0.1) is 7.11 Å². The Balaban J connectivity index is 2.53. The topological polar surface area (TPSA) is 35.5 Å². The van der Waals surface area contributed by atoms with Crippen molar-refractivity contribution in [3.8, 4) is 5.75 Å². The van der Waals surface area contributed by atoms with Gasteiger partial charge in [-0.1, -0.05) is 12.1 Å². The van der Waals surface area contributed by atoms with Gasteiger partial charge >= 0.3 is 5.97 Å². The molecule has 0 atom stereocenters. The van der Waals surface area contributed by atoms with Crippen LogP contribution in [0.15, 0.2) is 18.2 Å². The second-order valence-electron chi connectivity index (χ2n) is 4.15. The Morgan fingerprint density at radius 2 is 2.11 bits per heavy atom. The van der Waals surface area contributed by atoms with Crippen molar-refractivity contribution < 1.29 is 14.3 Å². The molecule has 0 unspecified atom stereocenters. The summed E-state index contributed by atoms with van der Waals surface area (Å²) in [4.78, 5) is 11.0. The molecule has 1 rings (SSSR count). The summed E-state index contributed by atoms with van der Waals surface area (Å²) in [5, 5.41) is 0. The van der Waals surface area contributed by atoms with Gasteiger partial charge in [0.15, 0.2) is 6.61 Å². The molecule has 0 amide bonds. The highest BCUT2D eigenvalue weighted by atomic mass is 32.1. The normalized spacial score (nSPS) is 10.2. The lowest BCUT2D eigenvalue weighted by Gasteiger charge is -2.09. The van der Waals surface area contributed by atoms with E-state index in [9.17, 15) is 4.79 Å². The fourth-order valence-corrected chi connectivity index (χ4v) is 1.89. The van der Waals surface area contributed by atoms with Crippen LogP contribution in [-0.4, -0.2) is 25.4 Å².